The lowest BCUT2D eigenvalue weighted by atomic mass is 9.89. The standard InChI is InChI=1S/C17H25FN2O/c1-4-13-9-10-19-16(11-13)17(21)20(3)12(2)14-5-7-15(18)8-6-14/h5-8,12-13,16,19H,4,9-11H2,1-3H3. The first kappa shape index (κ1) is 16.0. The molecule has 1 heterocycles. The van der Waals surface area contributed by atoms with E-state index in [0.29, 0.717) is 5.92 Å². The Bertz CT molecular complexity index is 474. The molecule has 2 rings (SSSR count). The van der Waals surface area contributed by atoms with E-state index in [2.05, 4.69) is 12.2 Å². The van der Waals surface area contributed by atoms with Crippen LogP contribution in [0.3, 0.4) is 0 Å². The van der Waals surface area contributed by atoms with Gasteiger partial charge in [-0.2, -0.15) is 0 Å². The fourth-order valence-electron chi connectivity index (χ4n) is 2.96. The van der Waals surface area contributed by atoms with E-state index >= 15 is 0 Å². The predicted octanol–water partition coefficient (Wildman–Crippen LogP) is 3.12. The van der Waals surface area contributed by atoms with E-state index in [1.54, 1.807) is 17.0 Å². The smallest absolute Gasteiger partial charge is 0.239 e. The average molecular weight is 292 g/mol. The van der Waals surface area contributed by atoms with Crippen LogP contribution in [0.15, 0.2) is 24.3 Å². The first-order valence-electron chi connectivity index (χ1n) is 7.78. The van der Waals surface area contributed by atoms with Crippen molar-refractivity contribution in [1.29, 1.82) is 0 Å². The monoisotopic (exact) mass is 292 g/mol. The molecule has 0 aromatic heterocycles. The van der Waals surface area contributed by atoms with E-state index in [1.807, 2.05) is 14.0 Å². The molecule has 1 aliphatic rings. The fraction of sp³-hybridized carbons (Fsp3) is 0.588. The molecule has 1 aromatic rings. The Balaban J connectivity index is 2.02. The summed E-state index contributed by atoms with van der Waals surface area (Å²) in [6, 6.07) is 6.23. The number of likely N-dealkylation sites (N-methyl/N-ethyl adjacent to an activating group) is 1. The Kier molecular flexibility index (Phi) is 5.34. The highest BCUT2D eigenvalue weighted by molar-refractivity contribution is 5.82. The van der Waals surface area contributed by atoms with E-state index in [4.69, 9.17) is 0 Å². The van der Waals surface area contributed by atoms with Crippen molar-refractivity contribution in [2.24, 2.45) is 5.92 Å². The Morgan fingerprint density at radius 3 is 2.71 bits per heavy atom. The Morgan fingerprint density at radius 2 is 2.10 bits per heavy atom. The molecular weight excluding hydrogens is 267 g/mol. The van der Waals surface area contributed by atoms with Gasteiger partial charge >= 0.3 is 0 Å². The normalized spacial score (nSPS) is 23.6. The van der Waals surface area contributed by atoms with Gasteiger partial charge in [-0.3, -0.25) is 4.79 Å². The van der Waals surface area contributed by atoms with Gasteiger partial charge in [0.25, 0.3) is 0 Å². The van der Waals surface area contributed by atoms with Crippen molar-refractivity contribution < 1.29 is 9.18 Å². The van der Waals surface area contributed by atoms with Crippen LogP contribution in [0, 0.1) is 11.7 Å². The third kappa shape index (κ3) is 3.82. The number of piperidine rings is 1. The highest BCUT2D eigenvalue weighted by Gasteiger charge is 2.30. The van der Waals surface area contributed by atoms with Crippen LogP contribution in [0.4, 0.5) is 4.39 Å². The van der Waals surface area contributed by atoms with Crippen molar-refractivity contribution in [2.45, 2.75) is 45.2 Å². The zero-order chi connectivity index (χ0) is 15.4. The maximum atomic E-state index is 13.0. The molecule has 1 fully saturated rings. The maximum absolute atomic E-state index is 13.0. The van der Waals surface area contributed by atoms with Crippen LogP contribution < -0.4 is 5.32 Å². The first-order valence-corrected chi connectivity index (χ1v) is 7.78. The van der Waals surface area contributed by atoms with Crippen LogP contribution in [-0.4, -0.2) is 30.4 Å². The minimum atomic E-state index is -0.250. The lowest BCUT2D eigenvalue weighted by Crippen LogP contribution is -2.49. The maximum Gasteiger partial charge on any atom is 0.239 e. The van der Waals surface area contributed by atoms with Gasteiger partial charge in [0.1, 0.15) is 5.82 Å². The summed E-state index contributed by atoms with van der Waals surface area (Å²) >= 11 is 0. The summed E-state index contributed by atoms with van der Waals surface area (Å²) < 4.78 is 13.0. The summed E-state index contributed by atoms with van der Waals surface area (Å²) in [6.45, 7) is 5.07. The summed E-state index contributed by atoms with van der Waals surface area (Å²) in [5.74, 6) is 0.513. The first-order chi connectivity index (χ1) is 10.0. The highest BCUT2D eigenvalue weighted by atomic mass is 19.1. The minimum Gasteiger partial charge on any atom is -0.338 e. The molecule has 116 valence electrons. The zero-order valence-corrected chi connectivity index (χ0v) is 13.1. The molecule has 1 N–H and O–H groups in total. The molecule has 0 aliphatic carbocycles. The van der Waals surface area contributed by atoms with Crippen LogP contribution >= 0.6 is 0 Å². The van der Waals surface area contributed by atoms with Gasteiger partial charge in [0.2, 0.25) is 5.91 Å². The summed E-state index contributed by atoms with van der Waals surface area (Å²) in [4.78, 5) is 14.4. The van der Waals surface area contributed by atoms with Crippen molar-refractivity contribution in [3.63, 3.8) is 0 Å². The number of nitrogens with zero attached hydrogens (tertiary/aromatic N) is 1. The van der Waals surface area contributed by atoms with Crippen molar-refractivity contribution in [3.8, 4) is 0 Å². The van der Waals surface area contributed by atoms with Gasteiger partial charge in [-0.1, -0.05) is 25.5 Å². The SMILES string of the molecule is CCC1CCNC(C(=O)N(C)C(C)c2ccc(F)cc2)C1. The second-order valence-electron chi connectivity index (χ2n) is 5.98. The van der Waals surface area contributed by atoms with Crippen LogP contribution in [0.1, 0.15) is 44.7 Å². The van der Waals surface area contributed by atoms with Gasteiger partial charge in [-0.25, -0.2) is 4.39 Å². The van der Waals surface area contributed by atoms with Crippen molar-refractivity contribution >= 4 is 5.91 Å². The summed E-state index contributed by atoms with van der Waals surface area (Å²) in [6.07, 6.45) is 3.19. The van der Waals surface area contributed by atoms with Gasteiger partial charge < -0.3 is 10.2 Å². The summed E-state index contributed by atoms with van der Waals surface area (Å²) in [5.41, 5.74) is 0.954. The Labute approximate surface area is 126 Å². The zero-order valence-electron chi connectivity index (χ0n) is 13.1. The lowest BCUT2D eigenvalue weighted by molar-refractivity contribution is -0.135. The fourth-order valence-corrected chi connectivity index (χ4v) is 2.96. The molecule has 0 saturated carbocycles. The molecule has 4 heteroatoms. The Hall–Kier alpha value is -1.42. The third-order valence-corrected chi connectivity index (χ3v) is 4.67. The molecule has 0 spiro atoms. The molecule has 1 amide bonds. The number of benzene rings is 1. The molecule has 3 unspecified atom stereocenters. The van der Waals surface area contributed by atoms with Gasteiger partial charge in [-0.15, -0.1) is 0 Å². The molecule has 1 aliphatic heterocycles. The molecule has 1 saturated heterocycles. The van der Waals surface area contributed by atoms with Crippen LogP contribution in [0.5, 0.6) is 0 Å². The van der Waals surface area contributed by atoms with Gasteiger partial charge in [-0.05, 0) is 49.9 Å². The van der Waals surface area contributed by atoms with E-state index in [0.717, 1.165) is 31.4 Å². The van der Waals surface area contributed by atoms with E-state index < -0.39 is 0 Å². The second kappa shape index (κ2) is 7.03. The van der Waals surface area contributed by atoms with E-state index in [-0.39, 0.29) is 23.8 Å². The molecule has 3 atom stereocenters. The number of amides is 1. The van der Waals surface area contributed by atoms with Gasteiger partial charge in [0, 0.05) is 7.05 Å². The number of rotatable bonds is 4. The number of carbonyl (C=O) groups excluding carboxylic acids is 1. The molecule has 0 bridgehead atoms. The summed E-state index contributed by atoms with van der Waals surface area (Å²) in [7, 11) is 1.83. The molecule has 21 heavy (non-hydrogen) atoms. The molecule has 0 radical (unpaired) electrons. The van der Waals surface area contributed by atoms with Crippen molar-refractivity contribution in [1.82, 2.24) is 10.2 Å². The number of halogens is 1. The van der Waals surface area contributed by atoms with Crippen LogP contribution in [-0.2, 0) is 4.79 Å². The van der Waals surface area contributed by atoms with Crippen molar-refractivity contribution in [3.05, 3.63) is 35.6 Å². The van der Waals surface area contributed by atoms with Crippen molar-refractivity contribution in [2.75, 3.05) is 13.6 Å². The van der Waals surface area contributed by atoms with Gasteiger partial charge in [0.15, 0.2) is 0 Å². The van der Waals surface area contributed by atoms with E-state index in [9.17, 15) is 9.18 Å². The topological polar surface area (TPSA) is 32.3 Å². The number of hydrogen-bond acceptors (Lipinski definition) is 2. The predicted molar refractivity (Wildman–Crippen MR) is 82.4 cm³/mol. The highest BCUT2D eigenvalue weighted by Crippen LogP contribution is 2.24. The quantitative estimate of drug-likeness (QED) is 0.924. The van der Waals surface area contributed by atoms with Gasteiger partial charge in [0.05, 0.1) is 12.1 Å². The largest absolute Gasteiger partial charge is 0.338 e. The molecular formula is C17H25FN2O. The van der Waals surface area contributed by atoms with E-state index in [1.165, 1.54) is 12.1 Å². The number of nitrogens with one attached hydrogen (secondary N) is 1. The third-order valence-electron chi connectivity index (χ3n) is 4.67. The molecule has 1 aromatic carbocycles. The molecule has 3 nitrogen and oxygen atoms in total. The Morgan fingerprint density at radius 1 is 1.43 bits per heavy atom. The summed E-state index contributed by atoms with van der Waals surface area (Å²) in [5, 5.41) is 3.33. The minimum absolute atomic E-state index is 0.0538. The van der Waals surface area contributed by atoms with Crippen LogP contribution in [0.2, 0.25) is 0 Å². The average Bonchev–Trinajstić information content (AvgIpc) is 2.53. The second-order valence-corrected chi connectivity index (χ2v) is 5.98. The van der Waals surface area contributed by atoms with Crippen LogP contribution in [0.25, 0.3) is 0 Å². The number of hydrogen-bond donors (Lipinski definition) is 1. The lowest BCUT2D eigenvalue weighted by Gasteiger charge is -2.34. The number of carbonyl (C=O) groups is 1.